The molecule has 0 saturated heterocycles. The molecule has 0 fully saturated rings. The van der Waals surface area contributed by atoms with Crippen molar-refractivity contribution in [3.8, 4) is 0 Å². The number of rotatable bonds is 4. The molecular weight excluding hydrogens is 316 g/mol. The van der Waals surface area contributed by atoms with Crippen LogP contribution in [0.4, 0.5) is 13.9 Å². The second-order valence-corrected chi connectivity index (χ2v) is 6.56. The Morgan fingerprint density at radius 3 is 2.59 bits per heavy atom. The molecule has 0 aromatic carbocycles. The van der Waals surface area contributed by atoms with E-state index in [4.69, 9.17) is 0 Å². The number of halogens is 2. The number of aromatic nitrogens is 4. The molecule has 0 radical (unpaired) electrons. The molecule has 2 rings (SSSR count). The second kappa shape index (κ2) is 5.95. The van der Waals surface area contributed by atoms with E-state index in [9.17, 15) is 18.4 Å². The molecule has 10 heteroatoms. The van der Waals surface area contributed by atoms with Crippen LogP contribution in [0.25, 0.3) is 0 Å². The number of alkyl halides is 2. The lowest BCUT2D eigenvalue weighted by Gasteiger charge is -2.22. The Morgan fingerprint density at radius 2 is 2.05 bits per heavy atom. The van der Waals surface area contributed by atoms with Crippen LogP contribution in [-0.2, 0) is 12.1 Å². The monoisotopic (exact) mass is 331 g/mol. The Hall–Kier alpha value is -2.10. The molecule has 0 aliphatic rings. The van der Waals surface area contributed by atoms with Crippen molar-refractivity contribution in [3.05, 3.63) is 37.6 Å². The summed E-state index contributed by atoms with van der Waals surface area (Å²) in [5.74, 6) is 0. The molecule has 0 aliphatic heterocycles. The van der Waals surface area contributed by atoms with Crippen LogP contribution in [0.5, 0.6) is 0 Å². The molecule has 0 bridgehead atoms. The third kappa shape index (κ3) is 3.56. The highest BCUT2D eigenvalue weighted by Gasteiger charge is 2.17. The SMILES string of the molecule is CC(C)(C)n1cc(CNc2nnc(C(F)F)s2)c(=O)[nH]c1=O. The van der Waals surface area contributed by atoms with Crippen molar-refractivity contribution in [2.75, 3.05) is 5.32 Å². The molecule has 2 aromatic rings. The molecule has 0 atom stereocenters. The Labute approximate surface area is 128 Å². The summed E-state index contributed by atoms with van der Waals surface area (Å²) in [5, 5.41) is 9.45. The third-order valence-electron chi connectivity index (χ3n) is 2.80. The maximum absolute atomic E-state index is 12.4. The van der Waals surface area contributed by atoms with Crippen molar-refractivity contribution in [1.82, 2.24) is 19.7 Å². The Bertz CT molecular complexity index is 775. The average molecular weight is 331 g/mol. The van der Waals surface area contributed by atoms with Crippen LogP contribution in [0, 0.1) is 0 Å². The Balaban J connectivity index is 2.22. The minimum Gasteiger partial charge on any atom is -0.356 e. The predicted molar refractivity (Wildman–Crippen MR) is 78.5 cm³/mol. The van der Waals surface area contributed by atoms with Gasteiger partial charge in [-0.1, -0.05) is 11.3 Å². The van der Waals surface area contributed by atoms with Crippen LogP contribution >= 0.6 is 11.3 Å². The first-order valence-electron chi connectivity index (χ1n) is 6.39. The topological polar surface area (TPSA) is 92.7 Å². The summed E-state index contributed by atoms with van der Waals surface area (Å²) in [5.41, 5.74) is -1.24. The van der Waals surface area contributed by atoms with Crippen LogP contribution in [-0.4, -0.2) is 19.7 Å². The van der Waals surface area contributed by atoms with E-state index < -0.39 is 28.2 Å². The van der Waals surface area contributed by atoms with Crippen LogP contribution in [0.15, 0.2) is 15.8 Å². The van der Waals surface area contributed by atoms with Crippen molar-refractivity contribution < 1.29 is 8.78 Å². The van der Waals surface area contributed by atoms with E-state index in [0.717, 1.165) is 0 Å². The van der Waals surface area contributed by atoms with Gasteiger partial charge in [0.05, 0.1) is 5.56 Å². The number of hydrogen-bond acceptors (Lipinski definition) is 6. The Morgan fingerprint density at radius 1 is 1.36 bits per heavy atom. The quantitative estimate of drug-likeness (QED) is 0.889. The number of aromatic amines is 1. The second-order valence-electron chi connectivity index (χ2n) is 5.55. The van der Waals surface area contributed by atoms with Gasteiger partial charge in [-0.3, -0.25) is 14.3 Å². The minimum atomic E-state index is -2.68. The molecule has 2 aromatic heterocycles. The van der Waals surface area contributed by atoms with Gasteiger partial charge in [0.1, 0.15) is 0 Å². The highest BCUT2D eigenvalue weighted by atomic mass is 32.1. The number of nitrogens with one attached hydrogen (secondary N) is 2. The van der Waals surface area contributed by atoms with Crippen molar-refractivity contribution in [2.24, 2.45) is 0 Å². The largest absolute Gasteiger partial charge is 0.356 e. The van der Waals surface area contributed by atoms with E-state index in [0.29, 0.717) is 16.9 Å². The molecule has 0 spiro atoms. The van der Waals surface area contributed by atoms with Crippen molar-refractivity contribution in [1.29, 1.82) is 0 Å². The molecular formula is C12H15F2N5O2S. The standard InChI is InChI=1S/C12H15F2N5O2S/c1-12(2,3)19-5-6(8(20)16-11(19)21)4-15-10-18-17-9(22-10)7(13)14/h5,7H,4H2,1-3H3,(H,15,18)(H,16,20,21). The van der Waals surface area contributed by atoms with Gasteiger partial charge in [-0.2, -0.15) is 0 Å². The van der Waals surface area contributed by atoms with Gasteiger partial charge in [-0.05, 0) is 20.8 Å². The molecule has 22 heavy (non-hydrogen) atoms. The normalized spacial score (nSPS) is 11.9. The Kier molecular flexibility index (Phi) is 4.40. The molecule has 7 nitrogen and oxygen atoms in total. The zero-order valence-corrected chi connectivity index (χ0v) is 13.0. The van der Waals surface area contributed by atoms with E-state index in [1.165, 1.54) is 10.8 Å². The highest BCUT2D eigenvalue weighted by Crippen LogP contribution is 2.25. The molecule has 2 heterocycles. The van der Waals surface area contributed by atoms with E-state index in [1.807, 2.05) is 20.8 Å². The molecule has 0 saturated carbocycles. The van der Waals surface area contributed by atoms with E-state index in [2.05, 4.69) is 20.5 Å². The summed E-state index contributed by atoms with van der Waals surface area (Å²) >= 11 is 0.715. The van der Waals surface area contributed by atoms with Crippen LogP contribution in [0.1, 0.15) is 37.8 Å². The number of nitrogens with zero attached hydrogens (tertiary/aromatic N) is 3. The van der Waals surface area contributed by atoms with Crippen molar-refractivity contribution in [3.63, 3.8) is 0 Å². The van der Waals surface area contributed by atoms with E-state index in [1.54, 1.807) is 0 Å². The predicted octanol–water partition coefficient (Wildman–Crippen LogP) is 1.69. The highest BCUT2D eigenvalue weighted by molar-refractivity contribution is 7.15. The maximum atomic E-state index is 12.4. The zero-order valence-electron chi connectivity index (χ0n) is 12.2. The number of hydrogen-bond donors (Lipinski definition) is 2. The third-order valence-corrected chi connectivity index (χ3v) is 3.68. The van der Waals surface area contributed by atoms with Crippen molar-refractivity contribution >= 4 is 16.5 Å². The summed E-state index contributed by atoms with van der Waals surface area (Å²) in [7, 11) is 0. The van der Waals surface area contributed by atoms with Gasteiger partial charge in [0.2, 0.25) is 5.13 Å². The fraction of sp³-hybridized carbons (Fsp3) is 0.500. The van der Waals surface area contributed by atoms with Crippen LogP contribution in [0.2, 0.25) is 0 Å². The number of anilines is 1. The maximum Gasteiger partial charge on any atom is 0.328 e. The van der Waals surface area contributed by atoms with Gasteiger partial charge in [0.15, 0.2) is 5.01 Å². The fourth-order valence-electron chi connectivity index (χ4n) is 1.70. The van der Waals surface area contributed by atoms with Gasteiger partial charge in [0.25, 0.3) is 12.0 Å². The van der Waals surface area contributed by atoms with Gasteiger partial charge in [-0.25, -0.2) is 13.6 Å². The molecule has 0 amide bonds. The van der Waals surface area contributed by atoms with Gasteiger partial charge in [0, 0.05) is 18.3 Å². The van der Waals surface area contributed by atoms with Gasteiger partial charge < -0.3 is 5.32 Å². The van der Waals surface area contributed by atoms with Gasteiger partial charge >= 0.3 is 5.69 Å². The molecule has 0 aliphatic carbocycles. The minimum absolute atomic E-state index is 0.0452. The first-order chi connectivity index (χ1) is 10.2. The van der Waals surface area contributed by atoms with Crippen LogP contribution in [0.3, 0.4) is 0 Å². The molecule has 2 N–H and O–H groups in total. The fourth-order valence-corrected chi connectivity index (χ4v) is 2.29. The molecule has 120 valence electrons. The summed E-state index contributed by atoms with van der Waals surface area (Å²) < 4.78 is 26.2. The van der Waals surface area contributed by atoms with E-state index >= 15 is 0 Å². The smallest absolute Gasteiger partial charge is 0.328 e. The van der Waals surface area contributed by atoms with Crippen LogP contribution < -0.4 is 16.6 Å². The van der Waals surface area contributed by atoms with Crippen molar-refractivity contribution in [2.45, 2.75) is 39.3 Å². The zero-order chi connectivity index (χ0) is 16.5. The first-order valence-corrected chi connectivity index (χ1v) is 7.21. The summed E-state index contributed by atoms with van der Waals surface area (Å²) in [4.78, 5) is 25.8. The van der Waals surface area contributed by atoms with E-state index in [-0.39, 0.29) is 11.7 Å². The summed E-state index contributed by atoms with van der Waals surface area (Å²) in [6.07, 6.45) is -1.23. The lowest BCUT2D eigenvalue weighted by Crippen LogP contribution is -2.40. The average Bonchev–Trinajstić information content (AvgIpc) is 2.85. The number of H-pyrrole nitrogens is 1. The summed E-state index contributed by atoms with van der Waals surface area (Å²) in [6, 6.07) is 0. The lowest BCUT2D eigenvalue weighted by molar-refractivity contribution is 0.150. The summed E-state index contributed by atoms with van der Waals surface area (Å²) in [6.45, 7) is 5.51. The first kappa shape index (κ1) is 16.3. The lowest BCUT2D eigenvalue weighted by atomic mass is 10.1. The van der Waals surface area contributed by atoms with Gasteiger partial charge in [-0.15, -0.1) is 10.2 Å². The molecule has 0 unspecified atom stereocenters.